The third-order valence-corrected chi connectivity index (χ3v) is 2.58. The summed E-state index contributed by atoms with van der Waals surface area (Å²) in [4.78, 5) is 17.5. The SMILES string of the molecule is Nc1ncnc(OC2CCCC2)c1[N+](=O)[O-]. The highest BCUT2D eigenvalue weighted by molar-refractivity contribution is 5.57. The Labute approximate surface area is 91.8 Å². The number of ether oxygens (including phenoxy) is 1. The van der Waals surface area contributed by atoms with Gasteiger partial charge in [0, 0.05) is 0 Å². The average molecular weight is 224 g/mol. The minimum Gasteiger partial charge on any atom is -0.469 e. The molecule has 0 unspecified atom stereocenters. The van der Waals surface area contributed by atoms with Crippen LogP contribution in [-0.2, 0) is 0 Å². The molecule has 1 heterocycles. The van der Waals surface area contributed by atoms with Crippen molar-refractivity contribution in [2.45, 2.75) is 31.8 Å². The summed E-state index contributed by atoms with van der Waals surface area (Å²) in [7, 11) is 0. The van der Waals surface area contributed by atoms with Gasteiger partial charge in [0.2, 0.25) is 5.82 Å². The molecule has 1 fully saturated rings. The first-order chi connectivity index (χ1) is 7.68. The van der Waals surface area contributed by atoms with E-state index in [1.54, 1.807) is 0 Å². The van der Waals surface area contributed by atoms with Crippen molar-refractivity contribution in [1.82, 2.24) is 9.97 Å². The highest BCUT2D eigenvalue weighted by atomic mass is 16.6. The third-order valence-electron chi connectivity index (χ3n) is 2.58. The van der Waals surface area contributed by atoms with E-state index < -0.39 is 4.92 Å². The normalized spacial score (nSPS) is 16.2. The van der Waals surface area contributed by atoms with Crippen LogP contribution < -0.4 is 10.5 Å². The molecule has 0 saturated heterocycles. The van der Waals surface area contributed by atoms with Crippen LogP contribution in [0.5, 0.6) is 5.88 Å². The third kappa shape index (κ3) is 2.02. The minimum absolute atomic E-state index is 0.00741. The van der Waals surface area contributed by atoms with Gasteiger partial charge in [-0.05, 0) is 25.7 Å². The molecule has 2 rings (SSSR count). The van der Waals surface area contributed by atoms with E-state index in [0.29, 0.717) is 0 Å². The van der Waals surface area contributed by atoms with Crippen LogP contribution in [-0.4, -0.2) is 21.0 Å². The van der Waals surface area contributed by atoms with Crippen molar-refractivity contribution < 1.29 is 9.66 Å². The van der Waals surface area contributed by atoms with Gasteiger partial charge in [0.25, 0.3) is 5.88 Å². The van der Waals surface area contributed by atoms with Gasteiger partial charge < -0.3 is 10.5 Å². The number of hydrogen-bond donors (Lipinski definition) is 1. The maximum atomic E-state index is 10.8. The first-order valence-corrected chi connectivity index (χ1v) is 5.10. The Balaban J connectivity index is 2.25. The monoisotopic (exact) mass is 224 g/mol. The Morgan fingerprint density at radius 3 is 2.75 bits per heavy atom. The van der Waals surface area contributed by atoms with Crippen molar-refractivity contribution in [2.24, 2.45) is 0 Å². The summed E-state index contributed by atoms with van der Waals surface area (Å²) >= 11 is 0. The topological polar surface area (TPSA) is 104 Å². The van der Waals surface area contributed by atoms with E-state index in [-0.39, 0.29) is 23.5 Å². The number of rotatable bonds is 3. The molecule has 1 aromatic heterocycles. The van der Waals surface area contributed by atoms with E-state index in [0.717, 1.165) is 25.7 Å². The number of hydrogen-bond acceptors (Lipinski definition) is 6. The van der Waals surface area contributed by atoms with Crippen LogP contribution in [0.1, 0.15) is 25.7 Å². The molecule has 0 bridgehead atoms. The molecule has 1 aliphatic carbocycles. The maximum absolute atomic E-state index is 10.8. The quantitative estimate of drug-likeness (QED) is 0.612. The second kappa shape index (κ2) is 4.30. The van der Waals surface area contributed by atoms with E-state index >= 15 is 0 Å². The lowest BCUT2D eigenvalue weighted by atomic mass is 10.3. The molecule has 16 heavy (non-hydrogen) atoms. The lowest BCUT2D eigenvalue weighted by Gasteiger charge is -2.11. The highest BCUT2D eigenvalue weighted by Crippen LogP contribution is 2.31. The van der Waals surface area contributed by atoms with Crippen molar-refractivity contribution in [3.63, 3.8) is 0 Å². The van der Waals surface area contributed by atoms with Crippen molar-refractivity contribution in [3.05, 3.63) is 16.4 Å². The average Bonchev–Trinajstić information content (AvgIpc) is 2.70. The van der Waals surface area contributed by atoms with Crippen LogP contribution in [0.15, 0.2) is 6.33 Å². The smallest absolute Gasteiger partial charge is 0.372 e. The van der Waals surface area contributed by atoms with Crippen molar-refractivity contribution in [1.29, 1.82) is 0 Å². The van der Waals surface area contributed by atoms with Crippen LogP contribution in [0.4, 0.5) is 11.5 Å². The molecule has 0 spiro atoms. The van der Waals surface area contributed by atoms with Crippen molar-refractivity contribution >= 4 is 11.5 Å². The Hall–Kier alpha value is -1.92. The van der Waals surface area contributed by atoms with Gasteiger partial charge >= 0.3 is 5.69 Å². The predicted molar refractivity (Wildman–Crippen MR) is 56.0 cm³/mol. The van der Waals surface area contributed by atoms with Crippen LogP contribution >= 0.6 is 0 Å². The minimum atomic E-state index is -0.611. The number of nitrogen functional groups attached to an aromatic ring is 1. The summed E-state index contributed by atoms with van der Waals surface area (Å²) in [5.74, 6) is -0.183. The summed E-state index contributed by atoms with van der Waals surface area (Å²) in [6.07, 6.45) is 5.15. The van der Waals surface area contributed by atoms with Gasteiger partial charge in [-0.2, -0.15) is 4.98 Å². The first-order valence-electron chi connectivity index (χ1n) is 5.10. The molecule has 7 heteroatoms. The first kappa shape index (κ1) is 10.6. The van der Waals surface area contributed by atoms with Crippen molar-refractivity contribution in [2.75, 3.05) is 5.73 Å². The van der Waals surface area contributed by atoms with Gasteiger partial charge in [0.15, 0.2) is 0 Å². The molecule has 0 atom stereocenters. The molecule has 86 valence electrons. The van der Waals surface area contributed by atoms with Crippen LogP contribution in [0.3, 0.4) is 0 Å². The van der Waals surface area contributed by atoms with Crippen LogP contribution in [0.2, 0.25) is 0 Å². The van der Waals surface area contributed by atoms with Gasteiger partial charge in [0.1, 0.15) is 12.4 Å². The lowest BCUT2D eigenvalue weighted by molar-refractivity contribution is -0.385. The molecule has 0 amide bonds. The number of aromatic nitrogens is 2. The summed E-state index contributed by atoms with van der Waals surface area (Å²) in [5, 5.41) is 10.8. The Bertz CT molecular complexity index is 404. The zero-order chi connectivity index (χ0) is 11.5. The molecule has 0 aromatic carbocycles. The summed E-state index contributed by atoms with van der Waals surface area (Å²) in [5.41, 5.74) is 5.09. The molecular weight excluding hydrogens is 212 g/mol. The fourth-order valence-corrected chi connectivity index (χ4v) is 1.80. The second-order valence-electron chi connectivity index (χ2n) is 3.69. The van der Waals surface area contributed by atoms with E-state index in [1.165, 1.54) is 6.33 Å². The number of nitrogens with zero attached hydrogens (tertiary/aromatic N) is 3. The van der Waals surface area contributed by atoms with Gasteiger partial charge in [0.05, 0.1) is 4.92 Å². The highest BCUT2D eigenvalue weighted by Gasteiger charge is 2.26. The van der Waals surface area contributed by atoms with Gasteiger partial charge in [-0.1, -0.05) is 0 Å². The molecule has 2 N–H and O–H groups in total. The van der Waals surface area contributed by atoms with E-state index in [4.69, 9.17) is 10.5 Å². The summed E-state index contributed by atoms with van der Waals surface area (Å²) in [6, 6.07) is 0. The zero-order valence-corrected chi connectivity index (χ0v) is 8.63. The number of nitro groups is 1. The predicted octanol–water partition coefficient (Wildman–Crippen LogP) is 1.29. The molecule has 0 radical (unpaired) electrons. The molecule has 0 aliphatic heterocycles. The molecule has 1 aromatic rings. The maximum Gasteiger partial charge on any atom is 0.372 e. The Kier molecular flexibility index (Phi) is 2.84. The summed E-state index contributed by atoms with van der Waals surface area (Å²) < 4.78 is 5.48. The molecular formula is C9H12N4O3. The standard InChI is InChI=1S/C9H12N4O3/c10-8-7(13(14)15)9(12-5-11-8)16-6-3-1-2-4-6/h5-6H,1-4H2,(H2,10,11,12). The molecule has 1 saturated carbocycles. The Morgan fingerprint density at radius 2 is 2.12 bits per heavy atom. The Morgan fingerprint density at radius 1 is 1.44 bits per heavy atom. The van der Waals surface area contributed by atoms with Crippen LogP contribution in [0, 0.1) is 10.1 Å². The largest absolute Gasteiger partial charge is 0.469 e. The zero-order valence-electron chi connectivity index (χ0n) is 8.63. The van der Waals surface area contributed by atoms with E-state index in [9.17, 15) is 10.1 Å². The molecule has 7 nitrogen and oxygen atoms in total. The lowest BCUT2D eigenvalue weighted by Crippen LogP contribution is -2.14. The number of anilines is 1. The van der Waals surface area contributed by atoms with Crippen molar-refractivity contribution in [3.8, 4) is 5.88 Å². The van der Waals surface area contributed by atoms with E-state index in [2.05, 4.69) is 9.97 Å². The van der Waals surface area contributed by atoms with Crippen LogP contribution in [0.25, 0.3) is 0 Å². The second-order valence-corrected chi connectivity index (χ2v) is 3.69. The summed E-state index contributed by atoms with van der Waals surface area (Å²) in [6.45, 7) is 0. The van der Waals surface area contributed by atoms with Gasteiger partial charge in [-0.15, -0.1) is 0 Å². The fourth-order valence-electron chi connectivity index (χ4n) is 1.80. The van der Waals surface area contributed by atoms with E-state index in [1.807, 2.05) is 0 Å². The fraction of sp³-hybridized carbons (Fsp3) is 0.556. The van der Waals surface area contributed by atoms with Gasteiger partial charge in [-0.25, -0.2) is 4.98 Å². The molecule has 1 aliphatic rings. The number of nitrogens with two attached hydrogens (primary N) is 1. The van der Waals surface area contributed by atoms with Gasteiger partial charge in [-0.3, -0.25) is 10.1 Å².